The van der Waals surface area contributed by atoms with Crippen molar-refractivity contribution in [2.75, 3.05) is 25.1 Å². The SMILES string of the molecule is CCN(c1ccc(OC)c(OC)c1)S(=O)(=O)c1ccc(F)cc1. The fraction of sp³-hybridized carbons (Fsp3) is 0.250. The molecule has 23 heavy (non-hydrogen) atoms. The van der Waals surface area contributed by atoms with Gasteiger partial charge in [-0.15, -0.1) is 0 Å². The molecule has 7 heteroatoms. The van der Waals surface area contributed by atoms with Crippen molar-refractivity contribution in [2.24, 2.45) is 0 Å². The second-order valence-corrected chi connectivity index (χ2v) is 6.53. The van der Waals surface area contributed by atoms with Crippen LogP contribution in [-0.2, 0) is 10.0 Å². The van der Waals surface area contributed by atoms with Crippen molar-refractivity contribution in [2.45, 2.75) is 11.8 Å². The predicted octanol–water partition coefficient (Wildman–Crippen LogP) is 3.06. The summed E-state index contributed by atoms with van der Waals surface area (Å²) in [5.74, 6) is 0.447. The maximum Gasteiger partial charge on any atom is 0.264 e. The maximum absolute atomic E-state index is 13.0. The summed E-state index contributed by atoms with van der Waals surface area (Å²) in [7, 11) is -0.812. The van der Waals surface area contributed by atoms with Crippen molar-refractivity contribution in [3.05, 3.63) is 48.3 Å². The van der Waals surface area contributed by atoms with E-state index in [1.165, 1.54) is 30.7 Å². The summed E-state index contributed by atoms with van der Waals surface area (Å²) in [4.78, 5) is 0.0236. The number of halogens is 1. The normalized spacial score (nSPS) is 11.1. The van der Waals surface area contributed by atoms with Crippen molar-refractivity contribution in [3.8, 4) is 11.5 Å². The van der Waals surface area contributed by atoms with Crippen LogP contribution in [0.2, 0.25) is 0 Å². The average Bonchev–Trinajstić information content (AvgIpc) is 2.55. The van der Waals surface area contributed by atoms with Gasteiger partial charge in [-0.05, 0) is 43.3 Å². The molecule has 0 radical (unpaired) electrons. The number of nitrogens with zero attached hydrogens (tertiary/aromatic N) is 1. The summed E-state index contributed by atoms with van der Waals surface area (Å²) in [6.07, 6.45) is 0. The van der Waals surface area contributed by atoms with Crippen LogP contribution in [-0.4, -0.2) is 29.2 Å². The number of sulfonamides is 1. The molecule has 0 amide bonds. The molecule has 0 fully saturated rings. The van der Waals surface area contributed by atoms with E-state index in [9.17, 15) is 12.8 Å². The molecule has 0 saturated carbocycles. The minimum Gasteiger partial charge on any atom is -0.493 e. The van der Waals surface area contributed by atoms with E-state index in [0.29, 0.717) is 17.2 Å². The van der Waals surface area contributed by atoms with Gasteiger partial charge >= 0.3 is 0 Å². The fourth-order valence-corrected chi connectivity index (χ4v) is 3.67. The highest BCUT2D eigenvalue weighted by atomic mass is 32.2. The van der Waals surface area contributed by atoms with Crippen LogP contribution in [0.15, 0.2) is 47.4 Å². The monoisotopic (exact) mass is 339 g/mol. The Bertz CT molecular complexity index is 775. The lowest BCUT2D eigenvalue weighted by molar-refractivity contribution is 0.355. The van der Waals surface area contributed by atoms with Gasteiger partial charge < -0.3 is 9.47 Å². The predicted molar refractivity (Wildman–Crippen MR) is 86.2 cm³/mol. The molecule has 0 aliphatic rings. The second-order valence-electron chi connectivity index (χ2n) is 4.66. The topological polar surface area (TPSA) is 55.8 Å². The Morgan fingerprint density at radius 1 is 1.00 bits per heavy atom. The molecule has 0 heterocycles. The number of hydrogen-bond acceptors (Lipinski definition) is 4. The molecule has 5 nitrogen and oxygen atoms in total. The number of anilines is 1. The Balaban J connectivity index is 2.48. The van der Waals surface area contributed by atoms with E-state index in [-0.39, 0.29) is 11.4 Å². The molecule has 2 aromatic carbocycles. The highest BCUT2D eigenvalue weighted by molar-refractivity contribution is 7.92. The van der Waals surface area contributed by atoms with Gasteiger partial charge in [0.2, 0.25) is 0 Å². The van der Waals surface area contributed by atoms with E-state index in [1.807, 2.05) is 0 Å². The third-order valence-electron chi connectivity index (χ3n) is 3.34. The Kier molecular flexibility index (Phi) is 5.10. The summed E-state index contributed by atoms with van der Waals surface area (Å²) in [6.45, 7) is 1.94. The lowest BCUT2D eigenvalue weighted by Crippen LogP contribution is -2.30. The van der Waals surface area contributed by atoms with Gasteiger partial charge in [-0.3, -0.25) is 4.31 Å². The zero-order valence-electron chi connectivity index (χ0n) is 13.1. The molecule has 2 aromatic rings. The molecule has 0 unspecified atom stereocenters. The van der Waals surface area contributed by atoms with Crippen LogP contribution in [0.1, 0.15) is 6.92 Å². The quantitative estimate of drug-likeness (QED) is 0.812. The van der Waals surface area contributed by atoms with Crippen LogP contribution >= 0.6 is 0 Å². The van der Waals surface area contributed by atoms with Crippen molar-refractivity contribution >= 4 is 15.7 Å². The van der Waals surface area contributed by atoms with Crippen LogP contribution in [0, 0.1) is 5.82 Å². The van der Waals surface area contributed by atoms with Crippen molar-refractivity contribution in [1.82, 2.24) is 0 Å². The van der Waals surface area contributed by atoms with E-state index < -0.39 is 15.8 Å². The highest BCUT2D eigenvalue weighted by Gasteiger charge is 2.24. The summed E-state index contributed by atoms with van der Waals surface area (Å²) in [5.41, 5.74) is 0.439. The van der Waals surface area contributed by atoms with Gasteiger partial charge in [0.05, 0.1) is 24.8 Å². The molecule has 0 aliphatic carbocycles. The number of benzene rings is 2. The summed E-state index contributed by atoms with van der Waals surface area (Å²) in [6, 6.07) is 9.58. The molecule has 0 aliphatic heterocycles. The van der Waals surface area contributed by atoms with Crippen LogP contribution < -0.4 is 13.8 Å². The van der Waals surface area contributed by atoms with Crippen LogP contribution in [0.3, 0.4) is 0 Å². The van der Waals surface area contributed by atoms with E-state index >= 15 is 0 Å². The first-order valence-electron chi connectivity index (χ1n) is 6.94. The summed E-state index contributed by atoms with van der Waals surface area (Å²) < 4.78 is 50.1. The first-order chi connectivity index (χ1) is 10.9. The minimum atomic E-state index is -3.80. The fourth-order valence-electron chi connectivity index (χ4n) is 2.21. The molecule has 0 aromatic heterocycles. The second kappa shape index (κ2) is 6.87. The molecule has 124 valence electrons. The first-order valence-corrected chi connectivity index (χ1v) is 8.38. The lowest BCUT2D eigenvalue weighted by Gasteiger charge is -2.23. The molecule has 0 N–H and O–H groups in total. The van der Waals surface area contributed by atoms with Gasteiger partial charge in [0.1, 0.15) is 5.82 Å². The van der Waals surface area contributed by atoms with E-state index in [2.05, 4.69) is 0 Å². The average molecular weight is 339 g/mol. The zero-order valence-corrected chi connectivity index (χ0v) is 13.9. The van der Waals surface area contributed by atoms with Gasteiger partial charge in [0, 0.05) is 12.6 Å². The number of ether oxygens (including phenoxy) is 2. The van der Waals surface area contributed by atoms with E-state index in [4.69, 9.17) is 9.47 Å². The summed E-state index contributed by atoms with van der Waals surface area (Å²) in [5, 5.41) is 0. The summed E-state index contributed by atoms with van der Waals surface area (Å²) >= 11 is 0. The first kappa shape index (κ1) is 17.1. The maximum atomic E-state index is 13.0. The Morgan fingerprint density at radius 3 is 2.13 bits per heavy atom. The Morgan fingerprint density at radius 2 is 1.61 bits per heavy atom. The zero-order chi connectivity index (χ0) is 17.0. The smallest absolute Gasteiger partial charge is 0.264 e. The van der Waals surface area contributed by atoms with E-state index in [1.54, 1.807) is 25.1 Å². The highest BCUT2D eigenvalue weighted by Crippen LogP contribution is 2.33. The number of hydrogen-bond donors (Lipinski definition) is 0. The Labute approximate surface area is 135 Å². The van der Waals surface area contributed by atoms with Gasteiger partial charge in [-0.25, -0.2) is 12.8 Å². The molecular weight excluding hydrogens is 321 g/mol. The molecule has 0 saturated heterocycles. The van der Waals surface area contributed by atoms with Crippen LogP contribution in [0.25, 0.3) is 0 Å². The molecule has 0 spiro atoms. The number of methoxy groups -OCH3 is 2. The molecule has 0 bridgehead atoms. The molecule has 0 atom stereocenters. The van der Waals surface area contributed by atoms with Crippen LogP contribution in [0.4, 0.5) is 10.1 Å². The standard InChI is InChI=1S/C16H18FNO4S/c1-4-18(13-7-10-15(21-2)16(11-13)22-3)23(19,20)14-8-5-12(17)6-9-14/h5-11H,4H2,1-3H3. The number of rotatable bonds is 6. The Hall–Kier alpha value is -2.28. The van der Waals surface area contributed by atoms with Crippen molar-refractivity contribution in [1.29, 1.82) is 0 Å². The largest absolute Gasteiger partial charge is 0.493 e. The molecular formula is C16H18FNO4S. The molecule has 2 rings (SSSR count). The van der Waals surface area contributed by atoms with Crippen LogP contribution in [0.5, 0.6) is 11.5 Å². The lowest BCUT2D eigenvalue weighted by atomic mass is 10.2. The minimum absolute atomic E-state index is 0.0236. The van der Waals surface area contributed by atoms with Gasteiger partial charge in [-0.1, -0.05) is 0 Å². The van der Waals surface area contributed by atoms with Crippen molar-refractivity contribution < 1.29 is 22.3 Å². The van der Waals surface area contributed by atoms with Gasteiger partial charge in [0.25, 0.3) is 10.0 Å². The van der Waals surface area contributed by atoms with Crippen molar-refractivity contribution in [3.63, 3.8) is 0 Å². The third kappa shape index (κ3) is 3.39. The third-order valence-corrected chi connectivity index (χ3v) is 5.26. The van der Waals surface area contributed by atoms with E-state index in [0.717, 1.165) is 12.1 Å². The van der Waals surface area contributed by atoms with Gasteiger partial charge in [0.15, 0.2) is 11.5 Å². The van der Waals surface area contributed by atoms with Gasteiger partial charge in [-0.2, -0.15) is 0 Å².